The highest BCUT2D eigenvalue weighted by atomic mass is 16.4. The largest absolute Gasteiger partial charge is 0.419 e. The summed E-state index contributed by atoms with van der Waals surface area (Å²) in [6.45, 7) is 1.88. The van der Waals surface area contributed by atoms with Gasteiger partial charge in [-0.15, -0.1) is 0 Å². The van der Waals surface area contributed by atoms with E-state index in [0.29, 0.717) is 27.9 Å². The minimum atomic E-state index is -0.450. The fraction of sp³-hybridized carbons (Fsp3) is 0.125. The topological polar surface area (TPSA) is 78.2 Å². The molecule has 5 nitrogen and oxygen atoms in total. The molecule has 2 aromatic carbocycles. The lowest BCUT2D eigenvalue weighted by molar-refractivity contribution is 0.103. The number of aromatic nitrogens is 1. The summed E-state index contributed by atoms with van der Waals surface area (Å²) in [6.07, 6.45) is 0. The van der Waals surface area contributed by atoms with Crippen LogP contribution in [0.1, 0.15) is 21.5 Å². The molecule has 0 bridgehead atoms. The van der Waals surface area contributed by atoms with Crippen LogP contribution in [0, 0.1) is 6.92 Å². The zero-order chi connectivity index (χ0) is 15.1. The average Bonchev–Trinajstić information content (AvgIpc) is 2.76. The van der Waals surface area contributed by atoms with Crippen molar-refractivity contribution in [1.29, 1.82) is 0 Å². The van der Waals surface area contributed by atoms with E-state index in [-0.39, 0.29) is 5.78 Å². The third kappa shape index (κ3) is 2.12. The minimum Gasteiger partial charge on any atom is -0.408 e. The van der Waals surface area contributed by atoms with E-state index < -0.39 is 5.76 Å². The van der Waals surface area contributed by atoms with Crippen LogP contribution in [-0.4, -0.2) is 10.4 Å². The van der Waals surface area contributed by atoms with E-state index in [0.717, 1.165) is 5.56 Å². The molecule has 2 N–H and O–H groups in total. The van der Waals surface area contributed by atoms with Gasteiger partial charge in [0.1, 0.15) is 0 Å². The van der Waals surface area contributed by atoms with Gasteiger partial charge in [0.2, 0.25) is 0 Å². The Morgan fingerprint density at radius 1 is 1.14 bits per heavy atom. The molecule has 0 saturated heterocycles. The third-order valence-corrected chi connectivity index (χ3v) is 3.60. The van der Waals surface area contributed by atoms with E-state index in [1.54, 1.807) is 37.4 Å². The maximum Gasteiger partial charge on any atom is 0.419 e. The van der Waals surface area contributed by atoms with Gasteiger partial charge in [-0.25, -0.2) is 4.79 Å². The molecule has 3 rings (SSSR count). The molecule has 5 heteroatoms. The van der Waals surface area contributed by atoms with Crippen LogP contribution in [0.3, 0.4) is 0 Å². The second-order valence-electron chi connectivity index (χ2n) is 5.01. The number of hydrogen-bond acceptors (Lipinski definition) is 4. The lowest BCUT2D eigenvalue weighted by Gasteiger charge is -2.04. The number of rotatable bonds is 2. The van der Waals surface area contributed by atoms with Crippen LogP contribution < -0.4 is 11.5 Å². The highest BCUT2D eigenvalue weighted by molar-refractivity contribution is 6.10. The highest BCUT2D eigenvalue weighted by Crippen LogP contribution is 2.19. The summed E-state index contributed by atoms with van der Waals surface area (Å²) >= 11 is 0. The number of aryl methyl sites for hydroxylation is 2. The van der Waals surface area contributed by atoms with Gasteiger partial charge in [-0.2, -0.15) is 0 Å². The number of benzene rings is 2. The Bertz CT molecular complexity index is 919. The maximum absolute atomic E-state index is 12.5. The van der Waals surface area contributed by atoms with Crippen LogP contribution in [0.15, 0.2) is 45.6 Å². The number of fused-ring (bicyclic) bond motifs is 1. The maximum atomic E-state index is 12.5. The van der Waals surface area contributed by atoms with Crippen molar-refractivity contribution in [2.45, 2.75) is 6.92 Å². The van der Waals surface area contributed by atoms with Crippen LogP contribution in [0.2, 0.25) is 0 Å². The smallest absolute Gasteiger partial charge is 0.408 e. The molecule has 21 heavy (non-hydrogen) atoms. The first kappa shape index (κ1) is 13.2. The molecule has 1 heterocycles. The van der Waals surface area contributed by atoms with Crippen LogP contribution >= 0.6 is 0 Å². The van der Waals surface area contributed by atoms with Crippen LogP contribution in [0.4, 0.5) is 5.69 Å². The SMILES string of the molecule is Cc1ccc(C(=O)c2ccc3c(c2)oc(=O)n3C)cc1N. The summed E-state index contributed by atoms with van der Waals surface area (Å²) in [5, 5.41) is 0. The van der Waals surface area contributed by atoms with Gasteiger partial charge >= 0.3 is 5.76 Å². The number of nitrogen functional groups attached to an aromatic ring is 1. The lowest BCUT2D eigenvalue weighted by Crippen LogP contribution is -2.08. The summed E-state index contributed by atoms with van der Waals surface area (Å²) < 4.78 is 6.49. The molecule has 106 valence electrons. The van der Waals surface area contributed by atoms with Crippen molar-refractivity contribution in [1.82, 2.24) is 4.57 Å². The molecule has 0 aliphatic rings. The van der Waals surface area contributed by atoms with E-state index in [1.165, 1.54) is 4.57 Å². The second kappa shape index (κ2) is 4.63. The predicted octanol–water partition coefficient (Wildman–Crippen LogP) is 2.25. The standard InChI is InChI=1S/C16H14N2O3/c1-9-3-4-10(7-12(9)17)15(19)11-5-6-13-14(8-11)21-16(20)18(13)2/h3-8H,17H2,1-2H3. The molecular formula is C16H14N2O3. The second-order valence-corrected chi connectivity index (χ2v) is 5.01. The number of nitrogens with zero attached hydrogens (tertiary/aromatic N) is 1. The number of oxazole rings is 1. The van der Waals surface area contributed by atoms with Crippen LogP contribution in [0.25, 0.3) is 11.1 Å². The van der Waals surface area contributed by atoms with Gasteiger partial charge < -0.3 is 10.2 Å². The minimum absolute atomic E-state index is 0.157. The summed E-state index contributed by atoms with van der Waals surface area (Å²) in [7, 11) is 1.62. The molecule has 0 aliphatic carbocycles. The van der Waals surface area contributed by atoms with E-state index >= 15 is 0 Å². The quantitative estimate of drug-likeness (QED) is 0.577. The number of carbonyl (C=O) groups excluding carboxylic acids is 1. The number of ketones is 1. The summed E-state index contributed by atoms with van der Waals surface area (Å²) in [4.78, 5) is 23.9. The Kier molecular flexibility index (Phi) is 2.90. The van der Waals surface area contributed by atoms with Gasteiger partial charge in [-0.1, -0.05) is 12.1 Å². The molecule has 0 aliphatic heterocycles. The van der Waals surface area contributed by atoms with Gasteiger partial charge in [-0.05, 0) is 36.8 Å². The zero-order valence-corrected chi connectivity index (χ0v) is 11.7. The molecule has 0 unspecified atom stereocenters. The van der Waals surface area contributed by atoms with E-state index in [9.17, 15) is 9.59 Å². The van der Waals surface area contributed by atoms with Crippen LogP contribution in [0.5, 0.6) is 0 Å². The van der Waals surface area contributed by atoms with Crippen molar-refractivity contribution in [2.24, 2.45) is 7.05 Å². The fourth-order valence-electron chi connectivity index (χ4n) is 2.22. The summed E-state index contributed by atoms with van der Waals surface area (Å²) in [6, 6.07) is 10.2. The van der Waals surface area contributed by atoms with Gasteiger partial charge in [0, 0.05) is 23.9 Å². The third-order valence-electron chi connectivity index (χ3n) is 3.60. The van der Waals surface area contributed by atoms with Gasteiger partial charge in [0.15, 0.2) is 11.4 Å². The normalized spacial score (nSPS) is 11.0. The molecule has 3 aromatic rings. The van der Waals surface area contributed by atoms with Crippen molar-refractivity contribution in [3.63, 3.8) is 0 Å². The zero-order valence-electron chi connectivity index (χ0n) is 11.7. The predicted molar refractivity (Wildman–Crippen MR) is 80.5 cm³/mol. The number of anilines is 1. The number of hydrogen-bond donors (Lipinski definition) is 1. The van der Waals surface area contributed by atoms with Crippen molar-refractivity contribution < 1.29 is 9.21 Å². The van der Waals surface area contributed by atoms with Gasteiger partial charge in [0.05, 0.1) is 5.52 Å². The Hall–Kier alpha value is -2.82. The molecule has 0 radical (unpaired) electrons. The van der Waals surface area contributed by atoms with Crippen LogP contribution in [-0.2, 0) is 7.05 Å². The van der Waals surface area contributed by atoms with Gasteiger partial charge in [-0.3, -0.25) is 9.36 Å². The van der Waals surface area contributed by atoms with Crippen molar-refractivity contribution in [3.05, 3.63) is 63.6 Å². The monoisotopic (exact) mass is 282 g/mol. The highest BCUT2D eigenvalue weighted by Gasteiger charge is 2.13. The molecule has 1 aromatic heterocycles. The first-order valence-electron chi connectivity index (χ1n) is 6.48. The van der Waals surface area contributed by atoms with Crippen molar-refractivity contribution in [3.8, 4) is 0 Å². The fourth-order valence-corrected chi connectivity index (χ4v) is 2.22. The first-order chi connectivity index (χ1) is 9.97. The molecule has 0 amide bonds. The van der Waals surface area contributed by atoms with E-state index in [2.05, 4.69) is 0 Å². The Balaban J connectivity index is 2.09. The van der Waals surface area contributed by atoms with Crippen molar-refractivity contribution >= 4 is 22.6 Å². The Morgan fingerprint density at radius 3 is 2.52 bits per heavy atom. The number of carbonyl (C=O) groups is 1. The summed E-state index contributed by atoms with van der Waals surface area (Å²) in [5.74, 6) is -0.607. The molecule has 0 spiro atoms. The lowest BCUT2D eigenvalue weighted by atomic mass is 10.0. The number of nitrogens with two attached hydrogens (primary N) is 1. The van der Waals surface area contributed by atoms with E-state index in [4.69, 9.17) is 10.2 Å². The molecule has 0 fully saturated rings. The molecule has 0 saturated carbocycles. The Morgan fingerprint density at radius 2 is 1.81 bits per heavy atom. The van der Waals surface area contributed by atoms with Gasteiger partial charge in [0.25, 0.3) is 0 Å². The summed E-state index contributed by atoms with van der Waals surface area (Å²) in [5.41, 5.74) is 9.36. The first-order valence-corrected chi connectivity index (χ1v) is 6.48. The molecule has 0 atom stereocenters. The molecular weight excluding hydrogens is 268 g/mol. The van der Waals surface area contributed by atoms with Crippen molar-refractivity contribution in [2.75, 3.05) is 5.73 Å². The Labute approximate surface area is 120 Å². The average molecular weight is 282 g/mol. The van der Waals surface area contributed by atoms with E-state index in [1.807, 2.05) is 13.0 Å².